The van der Waals surface area contributed by atoms with Gasteiger partial charge in [0.1, 0.15) is 0 Å². The van der Waals surface area contributed by atoms with E-state index in [1.807, 2.05) is 0 Å². The van der Waals surface area contributed by atoms with Crippen LogP contribution in [0.3, 0.4) is 0 Å². The molecule has 0 radical (unpaired) electrons. The summed E-state index contributed by atoms with van der Waals surface area (Å²) in [5.41, 5.74) is 1.09. The zero-order chi connectivity index (χ0) is 12.4. The van der Waals surface area contributed by atoms with Crippen molar-refractivity contribution in [3.05, 3.63) is 60.1 Å². The van der Waals surface area contributed by atoms with Crippen molar-refractivity contribution in [3.8, 4) is 11.1 Å². The Kier molecular flexibility index (Phi) is 1.60. The van der Waals surface area contributed by atoms with Crippen molar-refractivity contribution in [2.24, 2.45) is 0 Å². The second kappa shape index (κ2) is 3.88. The number of aldehydes is 1. The van der Waals surface area contributed by atoms with Crippen molar-refractivity contribution >= 4 is 6.29 Å². The molecule has 0 saturated heterocycles. The predicted octanol–water partition coefficient (Wildman–Crippen LogP) is 3.17. The highest BCUT2D eigenvalue weighted by molar-refractivity contribution is 5.87. The van der Waals surface area contributed by atoms with Gasteiger partial charge in [0.2, 0.25) is 0 Å². The second-order valence-corrected chi connectivity index (χ2v) is 2.80. The van der Waals surface area contributed by atoms with Gasteiger partial charge in [0.25, 0.3) is 0 Å². The van der Waals surface area contributed by atoms with Gasteiger partial charge in [-0.2, -0.15) is 0 Å². The fraction of sp³-hybridized carbons (Fsp3) is 0. The first-order chi connectivity index (χ1) is 8.15. The van der Waals surface area contributed by atoms with Crippen LogP contribution in [0.15, 0.2) is 54.5 Å². The Morgan fingerprint density at radius 3 is 2.43 bits per heavy atom. The summed E-state index contributed by atoms with van der Waals surface area (Å²) in [5, 5.41) is 0. The molecule has 0 aliphatic heterocycles. The number of carbonyl (C=O) groups is 1. The smallest absolute Gasteiger partial charge is 0.150 e. The van der Waals surface area contributed by atoms with Gasteiger partial charge in [0.05, 0.1) is 4.11 Å². The molecule has 0 aliphatic carbocycles. The van der Waals surface area contributed by atoms with Crippen LogP contribution < -0.4 is 0 Å². The molecule has 0 spiro atoms. The van der Waals surface area contributed by atoms with Gasteiger partial charge >= 0.3 is 0 Å². The zero-order valence-corrected chi connectivity index (χ0v) is 7.45. The molecule has 0 unspecified atom stereocenters. The highest BCUT2D eigenvalue weighted by Gasteiger charge is 2.01. The summed E-state index contributed by atoms with van der Waals surface area (Å²) in [4.78, 5) is 11.0. The average molecular weight is 185 g/mol. The van der Waals surface area contributed by atoms with E-state index in [1.165, 1.54) is 6.07 Å². The van der Waals surface area contributed by atoms with Crippen LogP contribution in [0, 0.1) is 0 Å². The lowest BCUT2D eigenvalue weighted by molar-refractivity contribution is 0.112. The van der Waals surface area contributed by atoms with Gasteiger partial charge in [0, 0.05) is 5.56 Å². The minimum absolute atomic E-state index is 0.111. The molecule has 0 bridgehead atoms. The van der Waals surface area contributed by atoms with Crippen molar-refractivity contribution < 1.29 is 8.91 Å². The van der Waals surface area contributed by atoms with Crippen LogP contribution in [0.25, 0.3) is 11.1 Å². The lowest BCUT2D eigenvalue weighted by Crippen LogP contribution is -1.85. The van der Waals surface area contributed by atoms with Crippen LogP contribution in [0.2, 0.25) is 0 Å². The molecule has 1 heteroatoms. The molecule has 14 heavy (non-hydrogen) atoms. The predicted molar refractivity (Wildman–Crippen MR) is 57.3 cm³/mol. The Balaban J connectivity index is 2.77. The van der Waals surface area contributed by atoms with Crippen molar-refractivity contribution in [1.82, 2.24) is 0 Å². The minimum atomic E-state index is 0.111. The lowest BCUT2D eigenvalue weighted by Gasteiger charge is -2.03. The third kappa shape index (κ3) is 1.57. The Morgan fingerprint density at radius 1 is 1.00 bits per heavy atom. The monoisotopic (exact) mass is 185 g/mol. The van der Waals surface area contributed by atoms with E-state index >= 15 is 0 Å². The van der Waals surface area contributed by atoms with Gasteiger partial charge < -0.3 is 0 Å². The maximum Gasteiger partial charge on any atom is 0.150 e. The van der Waals surface area contributed by atoms with Crippen LogP contribution in [0.4, 0.5) is 0 Å². The molecule has 0 fully saturated rings. The van der Waals surface area contributed by atoms with E-state index in [4.69, 9.17) is 4.11 Å². The first-order valence-electron chi connectivity index (χ1n) is 5.76. The maximum absolute atomic E-state index is 11.0. The lowest BCUT2D eigenvalue weighted by atomic mass is 10.0. The van der Waals surface area contributed by atoms with Crippen LogP contribution >= 0.6 is 0 Å². The summed E-state index contributed by atoms with van der Waals surface area (Å²) in [7, 11) is 0. The minimum Gasteiger partial charge on any atom is -0.298 e. The van der Waals surface area contributed by atoms with Gasteiger partial charge in [-0.3, -0.25) is 4.79 Å². The number of hydrogen-bond donors (Lipinski definition) is 0. The Hall–Kier alpha value is -1.89. The third-order valence-corrected chi connectivity index (χ3v) is 1.92. The van der Waals surface area contributed by atoms with Crippen molar-refractivity contribution in [2.45, 2.75) is 0 Å². The molecule has 68 valence electrons. The molecule has 0 atom stereocenters. The molecule has 2 aromatic carbocycles. The quantitative estimate of drug-likeness (QED) is 0.657. The fourth-order valence-electron chi connectivity index (χ4n) is 1.27. The average Bonchev–Trinajstić information content (AvgIpc) is 2.29. The second-order valence-electron chi connectivity index (χ2n) is 2.80. The van der Waals surface area contributed by atoms with Crippen molar-refractivity contribution in [3.63, 3.8) is 0 Å². The van der Waals surface area contributed by atoms with E-state index in [0.717, 1.165) is 0 Å². The van der Waals surface area contributed by atoms with E-state index in [2.05, 4.69) is 0 Å². The molecule has 0 aliphatic rings. The van der Waals surface area contributed by atoms with Crippen molar-refractivity contribution in [2.75, 3.05) is 0 Å². The van der Waals surface area contributed by atoms with Crippen LogP contribution in [0.5, 0.6) is 0 Å². The maximum atomic E-state index is 11.0. The molecule has 0 heterocycles. The number of carbonyl (C=O) groups excluding carboxylic acids is 1. The fourth-order valence-corrected chi connectivity index (χ4v) is 1.27. The Bertz CT molecular complexity index is 559. The third-order valence-electron chi connectivity index (χ3n) is 1.92. The first kappa shape index (κ1) is 5.76. The topological polar surface area (TPSA) is 17.1 Å². The molecule has 0 N–H and O–H groups in total. The van der Waals surface area contributed by atoms with Crippen LogP contribution in [-0.2, 0) is 0 Å². The normalized spacial score (nSPS) is 12.7. The summed E-state index contributed by atoms with van der Waals surface area (Å²) in [6, 6.07) is 10.1. The Morgan fingerprint density at radius 2 is 1.71 bits per heavy atom. The zero-order valence-electron chi connectivity index (χ0n) is 10.4. The molecular formula is C13H10O. The number of benzene rings is 2. The molecule has 0 amide bonds. The number of rotatable bonds is 2. The Labute approximate surface area is 87.2 Å². The molecule has 2 aromatic rings. The van der Waals surface area contributed by atoms with Gasteiger partial charge in [-0.15, -0.1) is 0 Å². The summed E-state index contributed by atoms with van der Waals surface area (Å²) < 4.78 is 23.2. The van der Waals surface area contributed by atoms with E-state index in [9.17, 15) is 4.79 Å². The number of hydrogen-bond acceptors (Lipinski definition) is 1. The van der Waals surface area contributed by atoms with Crippen LogP contribution in [0.1, 0.15) is 14.5 Å². The van der Waals surface area contributed by atoms with E-state index < -0.39 is 0 Å². The SMILES string of the molecule is [2H]c1cccc(-c2c([2H])cccc2[2H])c1C=O. The highest BCUT2D eigenvalue weighted by atomic mass is 16.1. The van der Waals surface area contributed by atoms with E-state index in [0.29, 0.717) is 17.4 Å². The first-order valence-corrected chi connectivity index (χ1v) is 4.26. The van der Waals surface area contributed by atoms with Gasteiger partial charge in [0.15, 0.2) is 6.29 Å². The molecular weight excluding hydrogens is 172 g/mol. The van der Waals surface area contributed by atoms with Crippen molar-refractivity contribution in [1.29, 1.82) is 0 Å². The molecule has 0 saturated carbocycles. The van der Waals surface area contributed by atoms with Crippen LogP contribution in [-0.4, -0.2) is 6.29 Å². The van der Waals surface area contributed by atoms with Gasteiger partial charge in [-0.05, 0) is 11.1 Å². The van der Waals surface area contributed by atoms with Gasteiger partial charge in [-0.25, -0.2) is 0 Å². The summed E-state index contributed by atoms with van der Waals surface area (Å²) in [6.45, 7) is 0. The summed E-state index contributed by atoms with van der Waals surface area (Å²) >= 11 is 0. The standard InChI is InChI=1S/C13H10O/c14-10-12-8-4-5-9-13(12)11-6-2-1-3-7-11/h1-10H/i6D,7D,8D. The summed E-state index contributed by atoms with van der Waals surface area (Å²) in [5.74, 6) is 0. The van der Waals surface area contributed by atoms with Gasteiger partial charge in [-0.1, -0.05) is 54.5 Å². The summed E-state index contributed by atoms with van der Waals surface area (Å²) in [6.07, 6.45) is 0.601. The molecule has 1 nitrogen and oxygen atoms in total. The molecule has 2 rings (SSSR count). The van der Waals surface area contributed by atoms with E-state index in [1.54, 1.807) is 30.3 Å². The molecule has 0 aromatic heterocycles. The largest absolute Gasteiger partial charge is 0.298 e. The highest BCUT2D eigenvalue weighted by Crippen LogP contribution is 2.21. The van der Waals surface area contributed by atoms with E-state index in [-0.39, 0.29) is 23.7 Å².